The van der Waals surface area contributed by atoms with Crippen LogP contribution in [0.25, 0.3) is 0 Å². The van der Waals surface area contributed by atoms with Gasteiger partial charge in [0.25, 0.3) is 0 Å². The van der Waals surface area contributed by atoms with Gasteiger partial charge in [-0.2, -0.15) is 0 Å². The molecule has 0 spiro atoms. The maximum Gasteiger partial charge on any atom is 0.223 e. The third kappa shape index (κ3) is 3.37. The predicted octanol–water partition coefficient (Wildman–Crippen LogP) is 2.52. The summed E-state index contributed by atoms with van der Waals surface area (Å²) in [5.41, 5.74) is 5.74. The van der Waals surface area contributed by atoms with Crippen molar-refractivity contribution in [2.24, 2.45) is 17.6 Å². The molecule has 2 rings (SSSR count). The molecule has 3 nitrogen and oxygen atoms in total. The maximum atomic E-state index is 12.3. The monoisotopic (exact) mass is 280 g/mol. The first kappa shape index (κ1) is 14.5. The summed E-state index contributed by atoms with van der Waals surface area (Å²) in [6.45, 7) is 5.68. The highest BCUT2D eigenvalue weighted by Crippen LogP contribution is 2.31. The van der Waals surface area contributed by atoms with Crippen LogP contribution in [0.4, 0.5) is 0 Å². The standard InChI is InChI=1S/C15H24N2OS/c1-15(2,13-7-4-8-19-13)10-17-14(18)12-6-3-5-11(12)9-16/h4,7-8,11-12H,3,5-6,9-10,16H2,1-2H3,(H,17,18)/t11-,12-/m1/s1. The lowest BCUT2D eigenvalue weighted by molar-refractivity contribution is -0.126. The molecule has 106 valence electrons. The summed E-state index contributed by atoms with van der Waals surface area (Å²) in [4.78, 5) is 13.6. The van der Waals surface area contributed by atoms with Crippen molar-refractivity contribution in [3.8, 4) is 0 Å². The fourth-order valence-corrected chi connectivity index (χ4v) is 3.71. The van der Waals surface area contributed by atoms with E-state index in [1.165, 1.54) is 4.88 Å². The number of hydrogen-bond acceptors (Lipinski definition) is 3. The number of rotatable bonds is 5. The Morgan fingerprint density at radius 2 is 2.32 bits per heavy atom. The summed E-state index contributed by atoms with van der Waals surface area (Å²) < 4.78 is 0. The second kappa shape index (κ2) is 6.06. The van der Waals surface area contributed by atoms with E-state index in [0.29, 0.717) is 19.0 Å². The number of carbonyl (C=O) groups excluding carboxylic acids is 1. The number of amides is 1. The van der Waals surface area contributed by atoms with E-state index >= 15 is 0 Å². The molecule has 19 heavy (non-hydrogen) atoms. The van der Waals surface area contributed by atoms with Crippen LogP contribution in [-0.4, -0.2) is 19.0 Å². The highest BCUT2D eigenvalue weighted by Gasteiger charge is 2.33. The fraction of sp³-hybridized carbons (Fsp3) is 0.667. The van der Waals surface area contributed by atoms with E-state index in [1.54, 1.807) is 11.3 Å². The van der Waals surface area contributed by atoms with Crippen molar-refractivity contribution in [2.75, 3.05) is 13.1 Å². The number of carbonyl (C=O) groups is 1. The topological polar surface area (TPSA) is 55.1 Å². The lowest BCUT2D eigenvalue weighted by atomic mass is 9.90. The average Bonchev–Trinajstić information content (AvgIpc) is 3.06. The van der Waals surface area contributed by atoms with E-state index in [4.69, 9.17) is 5.73 Å². The SMILES string of the molecule is CC(C)(CNC(=O)[C@@H]1CCC[C@@H]1CN)c1cccs1. The van der Waals surface area contributed by atoms with Crippen molar-refractivity contribution < 1.29 is 4.79 Å². The van der Waals surface area contributed by atoms with Gasteiger partial charge in [0, 0.05) is 22.8 Å². The summed E-state index contributed by atoms with van der Waals surface area (Å²) in [6, 6.07) is 4.19. The third-order valence-electron chi connectivity index (χ3n) is 4.19. The minimum Gasteiger partial charge on any atom is -0.355 e. The average molecular weight is 280 g/mol. The van der Waals surface area contributed by atoms with Crippen LogP contribution in [0.3, 0.4) is 0 Å². The molecule has 4 heteroatoms. The van der Waals surface area contributed by atoms with Gasteiger partial charge < -0.3 is 11.1 Å². The first-order valence-electron chi connectivity index (χ1n) is 7.06. The van der Waals surface area contributed by atoms with Gasteiger partial charge in [-0.05, 0) is 36.8 Å². The van der Waals surface area contributed by atoms with Crippen LogP contribution in [0.1, 0.15) is 38.0 Å². The largest absolute Gasteiger partial charge is 0.355 e. The van der Waals surface area contributed by atoms with Gasteiger partial charge >= 0.3 is 0 Å². The molecule has 1 aliphatic carbocycles. The zero-order valence-electron chi connectivity index (χ0n) is 11.8. The molecule has 1 fully saturated rings. The van der Waals surface area contributed by atoms with Gasteiger partial charge in [-0.15, -0.1) is 11.3 Å². The molecule has 0 unspecified atom stereocenters. The summed E-state index contributed by atoms with van der Waals surface area (Å²) in [5, 5.41) is 5.21. The van der Waals surface area contributed by atoms with Gasteiger partial charge in [0.15, 0.2) is 0 Å². The molecular weight excluding hydrogens is 256 g/mol. The molecule has 0 saturated heterocycles. The maximum absolute atomic E-state index is 12.3. The minimum atomic E-state index is 0.000637. The Bertz CT molecular complexity index is 414. The molecule has 1 aromatic rings. The quantitative estimate of drug-likeness (QED) is 0.871. The van der Waals surface area contributed by atoms with E-state index < -0.39 is 0 Å². The Hall–Kier alpha value is -0.870. The van der Waals surface area contributed by atoms with E-state index in [0.717, 1.165) is 19.3 Å². The molecule has 1 aromatic heterocycles. The predicted molar refractivity (Wildman–Crippen MR) is 80.2 cm³/mol. The van der Waals surface area contributed by atoms with Crippen LogP contribution in [0.5, 0.6) is 0 Å². The summed E-state index contributed by atoms with van der Waals surface area (Å²) in [6.07, 6.45) is 3.23. The van der Waals surface area contributed by atoms with Gasteiger partial charge in [0.1, 0.15) is 0 Å². The smallest absolute Gasteiger partial charge is 0.223 e. The van der Waals surface area contributed by atoms with Crippen molar-refractivity contribution in [3.63, 3.8) is 0 Å². The van der Waals surface area contributed by atoms with Crippen LogP contribution < -0.4 is 11.1 Å². The normalized spacial score (nSPS) is 23.5. The first-order chi connectivity index (χ1) is 9.04. The summed E-state index contributed by atoms with van der Waals surface area (Å²) in [5.74, 6) is 0.701. The van der Waals surface area contributed by atoms with Crippen molar-refractivity contribution in [1.29, 1.82) is 0 Å². The highest BCUT2D eigenvalue weighted by atomic mass is 32.1. The Labute approximate surface area is 119 Å². The van der Waals surface area contributed by atoms with E-state index in [1.807, 2.05) is 0 Å². The molecule has 0 aliphatic heterocycles. The third-order valence-corrected chi connectivity index (χ3v) is 5.43. The molecular formula is C15H24N2OS. The second-order valence-corrected chi connectivity index (χ2v) is 7.06. The number of nitrogens with one attached hydrogen (secondary N) is 1. The zero-order chi connectivity index (χ0) is 13.9. The van der Waals surface area contributed by atoms with Crippen molar-refractivity contribution in [3.05, 3.63) is 22.4 Å². The van der Waals surface area contributed by atoms with Crippen LogP contribution in [0.2, 0.25) is 0 Å². The van der Waals surface area contributed by atoms with Crippen LogP contribution in [-0.2, 0) is 10.2 Å². The molecule has 1 heterocycles. The van der Waals surface area contributed by atoms with Crippen LogP contribution in [0.15, 0.2) is 17.5 Å². The van der Waals surface area contributed by atoms with Crippen LogP contribution in [0, 0.1) is 11.8 Å². The zero-order valence-corrected chi connectivity index (χ0v) is 12.6. The van der Waals surface area contributed by atoms with Gasteiger partial charge in [0.2, 0.25) is 5.91 Å². The van der Waals surface area contributed by atoms with Crippen molar-refractivity contribution in [1.82, 2.24) is 5.32 Å². The second-order valence-electron chi connectivity index (χ2n) is 6.11. The Morgan fingerprint density at radius 1 is 1.53 bits per heavy atom. The molecule has 0 bridgehead atoms. The highest BCUT2D eigenvalue weighted by molar-refractivity contribution is 7.10. The fourth-order valence-electron chi connectivity index (χ4n) is 2.85. The lowest BCUT2D eigenvalue weighted by Gasteiger charge is -2.25. The Balaban J connectivity index is 1.90. The van der Waals surface area contributed by atoms with Gasteiger partial charge in [-0.3, -0.25) is 4.79 Å². The molecule has 1 saturated carbocycles. The molecule has 3 N–H and O–H groups in total. The van der Waals surface area contributed by atoms with Crippen molar-refractivity contribution >= 4 is 17.2 Å². The first-order valence-corrected chi connectivity index (χ1v) is 7.94. The molecule has 2 atom stereocenters. The molecule has 0 aromatic carbocycles. The van der Waals surface area contributed by atoms with Crippen molar-refractivity contribution in [2.45, 2.75) is 38.5 Å². The van der Waals surface area contributed by atoms with E-state index in [9.17, 15) is 4.79 Å². The number of hydrogen-bond donors (Lipinski definition) is 2. The van der Waals surface area contributed by atoms with E-state index in [-0.39, 0.29) is 17.2 Å². The van der Waals surface area contributed by atoms with Gasteiger partial charge in [0.05, 0.1) is 0 Å². The lowest BCUT2D eigenvalue weighted by Crippen LogP contribution is -2.41. The van der Waals surface area contributed by atoms with Gasteiger partial charge in [-0.25, -0.2) is 0 Å². The van der Waals surface area contributed by atoms with Gasteiger partial charge in [-0.1, -0.05) is 26.3 Å². The molecule has 1 aliphatic rings. The number of nitrogens with two attached hydrogens (primary N) is 1. The molecule has 0 radical (unpaired) electrons. The summed E-state index contributed by atoms with van der Waals surface area (Å²) in [7, 11) is 0. The number of thiophene rings is 1. The molecule has 1 amide bonds. The Kier molecular flexibility index (Phi) is 4.63. The van der Waals surface area contributed by atoms with Crippen LogP contribution >= 0.6 is 11.3 Å². The minimum absolute atomic E-state index is 0.000637. The van der Waals surface area contributed by atoms with E-state index in [2.05, 4.69) is 36.7 Å². The Morgan fingerprint density at radius 3 is 2.95 bits per heavy atom. The summed E-state index contributed by atoms with van der Waals surface area (Å²) >= 11 is 1.75.